The minimum Gasteiger partial charge on any atom is -0.549 e. The summed E-state index contributed by atoms with van der Waals surface area (Å²) in [5.74, 6) is -25.2. The second-order valence-corrected chi connectivity index (χ2v) is 28.6. The lowest BCUT2D eigenvalue weighted by atomic mass is 9.78. The third-order valence-electron chi connectivity index (χ3n) is 17.6. The Morgan fingerprint density at radius 2 is 0.510 bits per heavy atom. The van der Waals surface area contributed by atoms with E-state index in [1.807, 2.05) is 90.1 Å². The molecule has 20 nitrogen and oxygen atoms in total. The van der Waals surface area contributed by atoms with E-state index >= 15 is 0 Å². The number of H-pyrrole nitrogens is 2. The molecule has 0 aliphatic carbocycles. The molecule has 2 aliphatic rings. The van der Waals surface area contributed by atoms with Gasteiger partial charge in [-0.1, -0.05) is 156 Å². The van der Waals surface area contributed by atoms with Gasteiger partial charge in [0.15, 0.2) is 0 Å². The van der Waals surface area contributed by atoms with Gasteiger partial charge < -0.3 is 89.2 Å². The highest BCUT2D eigenvalue weighted by Gasteiger charge is 2.31. The number of aliphatic carboxylic acids is 8. The van der Waals surface area contributed by atoms with Crippen molar-refractivity contribution in [3.8, 4) is 44.5 Å². The second-order valence-electron chi connectivity index (χ2n) is 28.6. The highest BCUT2D eigenvalue weighted by atomic mass is 16.4. The van der Waals surface area contributed by atoms with Gasteiger partial charge in [-0.3, -0.25) is 0 Å². The van der Waals surface area contributed by atoms with E-state index in [0.29, 0.717) is 44.4 Å². The van der Waals surface area contributed by atoms with Crippen LogP contribution < -0.4 is 40.9 Å². The summed E-state index contributed by atoms with van der Waals surface area (Å²) in [6.45, 7) is 22.9. The molecule has 3 aromatic heterocycles. The fourth-order valence-corrected chi connectivity index (χ4v) is 12.2. The molecule has 2 N–H and O–H groups in total. The number of carboxylic acids is 8. The lowest BCUT2D eigenvalue weighted by molar-refractivity contribution is -0.334. The van der Waals surface area contributed by atoms with Crippen LogP contribution in [0, 0.1) is 23.7 Å². The van der Waals surface area contributed by atoms with Crippen molar-refractivity contribution < 1.29 is 79.2 Å². The number of nitrogens with zero attached hydrogens (tertiary/aromatic N) is 2. The van der Waals surface area contributed by atoms with Crippen molar-refractivity contribution in [1.29, 1.82) is 0 Å². The molecule has 8 bridgehead atoms. The number of nitrogens with one attached hydrogen (secondary N) is 2. The van der Waals surface area contributed by atoms with Crippen LogP contribution in [-0.2, 0) is 85.7 Å². The van der Waals surface area contributed by atoms with Crippen molar-refractivity contribution in [2.45, 2.75) is 130 Å². The summed E-state index contributed by atoms with van der Waals surface area (Å²) >= 11 is 0. The summed E-state index contributed by atoms with van der Waals surface area (Å²) in [6, 6.07) is 28.0. The van der Waals surface area contributed by atoms with Gasteiger partial charge in [0.1, 0.15) is 0 Å². The van der Waals surface area contributed by atoms with Crippen molar-refractivity contribution in [3.05, 3.63) is 164 Å². The van der Waals surface area contributed by atoms with Crippen LogP contribution in [-0.4, -0.2) is 67.7 Å². The molecule has 96 heavy (non-hydrogen) atoms. The maximum atomic E-state index is 12.8. The van der Waals surface area contributed by atoms with Crippen molar-refractivity contribution in [1.82, 2.24) is 19.9 Å². The van der Waals surface area contributed by atoms with E-state index in [-0.39, 0.29) is 89.1 Å². The fraction of sp³-hybridized carbons (Fsp3) is 0.316. The number of carbonyl (C=O) groups excluding carboxylic acids is 8. The number of carbonyl (C=O) groups is 8. The Hall–Kier alpha value is -10.8. The van der Waals surface area contributed by atoms with E-state index < -0.39 is 108 Å². The molecule has 0 amide bonds. The Kier molecular flexibility index (Phi) is 19.0. The Morgan fingerprint density at radius 3 is 0.719 bits per heavy atom. The normalized spacial score (nSPS) is 12.7. The van der Waals surface area contributed by atoms with Crippen LogP contribution >= 0.6 is 0 Å². The first kappa shape index (κ1) is 69.6. The average Bonchev–Trinajstić information content (AvgIpc) is 1.61. The topological polar surface area (TPSA) is 378 Å². The lowest BCUT2D eigenvalue weighted by Crippen LogP contribution is -2.45. The molecule has 20 heteroatoms. The van der Waals surface area contributed by atoms with Crippen LogP contribution in [0.3, 0.4) is 0 Å². The molecule has 5 heterocycles. The zero-order chi connectivity index (χ0) is 70.6. The van der Waals surface area contributed by atoms with Gasteiger partial charge in [-0.25, -0.2) is 9.97 Å². The Morgan fingerprint density at radius 1 is 0.302 bits per heavy atom. The SMILES string of the molecule is CC(C)(C)c1ccc(-c2c3nc(c(-c4c(CC(C(=O)[O-])C(=O)[O-])cc(C(C)(C)C)cc4CC(C(=O)[O-])C(=O)[O-])c4ccc([nH]4)c(-c4ccc(C(C)(C)C)cc4)c4nc(c(-c5c(CC(C(=O)[O-])C(=O)[O-])cc(C(C)(C)C)cc5CC(C(=O)[O-])C(=O)[O-])c5ccc2[nH]5)C=C4)C=C3)cc1. The van der Waals surface area contributed by atoms with Gasteiger partial charge in [0.2, 0.25) is 0 Å². The fourth-order valence-electron chi connectivity index (χ4n) is 12.2. The van der Waals surface area contributed by atoms with Crippen LogP contribution in [0.15, 0.2) is 97.1 Å². The maximum Gasteiger partial charge on any atom is 0.0737 e. The first-order chi connectivity index (χ1) is 44.7. The summed E-state index contributed by atoms with van der Waals surface area (Å²) in [4.78, 5) is 120. The predicted molar refractivity (Wildman–Crippen MR) is 344 cm³/mol. The molecule has 0 unspecified atom stereocenters. The van der Waals surface area contributed by atoms with Gasteiger partial charge in [0.25, 0.3) is 0 Å². The molecule has 4 aromatic carbocycles. The average molecular weight is 1300 g/mol. The third kappa shape index (κ3) is 14.5. The number of hydrogen-bond donors (Lipinski definition) is 2. The van der Waals surface area contributed by atoms with Crippen LogP contribution in [0.25, 0.3) is 90.9 Å². The predicted octanol–water partition coefficient (Wildman–Crippen LogP) is 3.15. The van der Waals surface area contributed by atoms with Crippen molar-refractivity contribution in [2.24, 2.45) is 23.7 Å². The van der Waals surface area contributed by atoms with Gasteiger partial charge in [-0.2, -0.15) is 0 Å². The smallest absolute Gasteiger partial charge is 0.0737 e. The summed E-state index contributed by atoms with van der Waals surface area (Å²) in [5.41, 5.74) is 4.33. The number of carboxylic acid groups (broad SMARTS) is 8. The van der Waals surface area contributed by atoms with Crippen LogP contribution in [0.1, 0.15) is 150 Å². The van der Waals surface area contributed by atoms with Gasteiger partial charge in [0.05, 0.1) is 70.5 Å². The van der Waals surface area contributed by atoms with E-state index in [1.54, 1.807) is 114 Å². The van der Waals surface area contributed by atoms with Crippen LogP contribution in [0.4, 0.5) is 0 Å². The van der Waals surface area contributed by atoms with E-state index in [1.165, 1.54) is 0 Å². The lowest BCUT2D eigenvalue weighted by Gasteiger charge is -2.29. The molecular weight excluding hydrogens is 1220 g/mol. The number of aromatic nitrogens is 4. The Bertz CT molecular complexity index is 4150. The molecule has 0 saturated carbocycles. The first-order valence-electron chi connectivity index (χ1n) is 31.1. The molecule has 0 radical (unpaired) electrons. The van der Waals surface area contributed by atoms with Gasteiger partial charge in [-0.05, 0) is 163 Å². The second kappa shape index (κ2) is 26.2. The van der Waals surface area contributed by atoms with E-state index in [2.05, 4.69) is 9.97 Å². The van der Waals surface area contributed by atoms with Gasteiger partial charge in [-0.15, -0.1) is 0 Å². The zero-order valence-electron chi connectivity index (χ0n) is 55.1. The van der Waals surface area contributed by atoms with Crippen molar-refractivity contribution in [3.63, 3.8) is 0 Å². The summed E-state index contributed by atoms with van der Waals surface area (Å²) in [7, 11) is 0. The quantitative estimate of drug-likeness (QED) is 0.103. The molecule has 498 valence electrons. The molecule has 0 saturated heterocycles. The van der Waals surface area contributed by atoms with E-state index in [4.69, 9.17) is 9.97 Å². The number of rotatable bonds is 20. The number of fused-ring (bicyclic) bond motifs is 8. The van der Waals surface area contributed by atoms with Crippen molar-refractivity contribution in [2.75, 3.05) is 0 Å². The molecule has 2 aliphatic heterocycles. The van der Waals surface area contributed by atoms with E-state index in [0.717, 1.165) is 11.1 Å². The molecule has 0 fully saturated rings. The van der Waals surface area contributed by atoms with Crippen molar-refractivity contribution >= 4 is 94.1 Å². The minimum absolute atomic E-state index is 0.00474. The summed E-state index contributed by atoms with van der Waals surface area (Å²) in [5, 5.41) is 103. The summed E-state index contributed by atoms with van der Waals surface area (Å²) < 4.78 is 0. The highest BCUT2D eigenvalue weighted by molar-refractivity contribution is 6.03. The molecule has 9 rings (SSSR count). The molecular formula is C76H70N4O16-8. The number of hydrogen-bond acceptors (Lipinski definition) is 18. The Labute approximate surface area is 553 Å². The monoisotopic (exact) mass is 1290 g/mol. The zero-order valence-corrected chi connectivity index (χ0v) is 55.1. The Balaban J connectivity index is 1.58. The van der Waals surface area contributed by atoms with Gasteiger partial charge >= 0.3 is 0 Å². The highest BCUT2D eigenvalue weighted by Crippen LogP contribution is 2.45. The minimum atomic E-state index is -2.30. The van der Waals surface area contributed by atoms with Gasteiger partial charge in [0, 0.05) is 68.0 Å². The third-order valence-corrected chi connectivity index (χ3v) is 17.6. The number of benzene rings is 4. The maximum absolute atomic E-state index is 12.8. The van der Waals surface area contributed by atoms with E-state index in [9.17, 15) is 79.2 Å². The molecule has 7 aromatic rings. The van der Waals surface area contributed by atoms with Crippen LogP contribution in [0.5, 0.6) is 0 Å². The summed E-state index contributed by atoms with van der Waals surface area (Å²) in [6.07, 6.45) is 3.31. The number of aromatic amines is 2. The standard InChI is InChI=1S/C76H78N4O16/c1-73(2,3)43-17-13-37(14-18-43)61-51-21-25-55(77-51)63(59-39(33-47(65(81)82)66(83)84)29-45(75(7,8)9)30-40(59)34-48(67(85)86)68(87)88)57-27-23-53(79-57)62(38-15-19-44(20-16-38)74(4,5)6)54-24-28-58(80-54)64(56-26-22-52(61)78-56)60-41(35-49(69(89)90)70(91)92)31-46(76(10,11)12)32-42(60)36-50(71(93)94)72(95)96/h13-32,47-50,77,80H,33-36H2,1-12H3,(H,81,82)(H,83,84)(H,85,86)(H,87,88)(H,89,90)(H,91,92)(H,93,94)(H,95,96)/p-8. The largest absolute Gasteiger partial charge is 0.549 e. The first-order valence-corrected chi connectivity index (χ1v) is 31.1. The molecule has 0 atom stereocenters. The van der Waals surface area contributed by atoms with Crippen LogP contribution in [0.2, 0.25) is 0 Å². The molecule has 0 spiro atoms.